The van der Waals surface area contributed by atoms with Crippen molar-refractivity contribution < 1.29 is 18.7 Å². The highest BCUT2D eigenvalue weighted by Crippen LogP contribution is 2.41. The summed E-state index contributed by atoms with van der Waals surface area (Å²) in [7, 11) is 3.25. The molecule has 4 aromatic rings. The van der Waals surface area contributed by atoms with Crippen molar-refractivity contribution in [1.29, 1.82) is 0 Å². The van der Waals surface area contributed by atoms with E-state index in [0.29, 0.717) is 29.2 Å². The Morgan fingerprint density at radius 3 is 2.54 bits per heavy atom. The molecule has 0 N–H and O–H groups in total. The SMILES string of the molecule is COc1cc2c(cc1OC)[C@H](c1ccccc1)N(C(=O)CSc1nnc(-c3ccncc3)o1)CC2. The lowest BCUT2D eigenvalue weighted by atomic mass is 9.87. The summed E-state index contributed by atoms with van der Waals surface area (Å²) < 4.78 is 16.8. The second-order valence-corrected chi connectivity index (χ2v) is 8.88. The maximum Gasteiger partial charge on any atom is 0.277 e. The molecule has 0 aliphatic carbocycles. The molecule has 0 bridgehead atoms. The lowest BCUT2D eigenvalue weighted by Crippen LogP contribution is -2.41. The van der Waals surface area contributed by atoms with Crippen molar-refractivity contribution in [3.05, 3.63) is 83.7 Å². The molecule has 0 spiro atoms. The Kier molecular flexibility index (Phi) is 6.67. The summed E-state index contributed by atoms with van der Waals surface area (Å²) in [6, 6.07) is 17.4. The standard InChI is InChI=1S/C26H24N4O4S/c1-32-21-14-19-10-13-30(24(17-6-4-3-5-7-17)20(19)15-22(21)33-2)23(31)16-35-26-29-28-25(34-26)18-8-11-27-12-9-18/h3-9,11-12,14-15,24H,10,13,16H2,1-2H3/t24-/m0/s1. The predicted octanol–water partition coefficient (Wildman–Crippen LogP) is 4.42. The van der Waals surface area contributed by atoms with Gasteiger partial charge in [0.2, 0.25) is 11.8 Å². The van der Waals surface area contributed by atoms with Crippen LogP contribution in [0.2, 0.25) is 0 Å². The van der Waals surface area contributed by atoms with Crippen LogP contribution in [0, 0.1) is 0 Å². The van der Waals surface area contributed by atoms with Gasteiger partial charge in [0.15, 0.2) is 11.5 Å². The molecular formula is C26H24N4O4S. The quantitative estimate of drug-likeness (QED) is 0.353. The molecule has 0 unspecified atom stereocenters. The lowest BCUT2D eigenvalue weighted by molar-refractivity contribution is -0.130. The molecule has 3 heterocycles. The van der Waals surface area contributed by atoms with Gasteiger partial charge in [-0.2, -0.15) is 0 Å². The Bertz CT molecular complexity index is 1310. The summed E-state index contributed by atoms with van der Waals surface area (Å²) in [4.78, 5) is 19.4. The highest BCUT2D eigenvalue weighted by molar-refractivity contribution is 7.99. The molecule has 35 heavy (non-hydrogen) atoms. The van der Waals surface area contributed by atoms with Crippen LogP contribution in [0.5, 0.6) is 11.5 Å². The molecule has 2 aromatic carbocycles. The van der Waals surface area contributed by atoms with Crippen LogP contribution < -0.4 is 9.47 Å². The van der Waals surface area contributed by atoms with Crippen molar-refractivity contribution >= 4 is 17.7 Å². The number of aromatic nitrogens is 3. The molecule has 0 radical (unpaired) electrons. The van der Waals surface area contributed by atoms with Gasteiger partial charge in [0.25, 0.3) is 5.22 Å². The Morgan fingerprint density at radius 2 is 1.80 bits per heavy atom. The molecule has 2 aromatic heterocycles. The zero-order valence-corrected chi connectivity index (χ0v) is 20.2. The number of methoxy groups -OCH3 is 2. The van der Waals surface area contributed by atoms with Crippen molar-refractivity contribution in [3.8, 4) is 23.0 Å². The highest BCUT2D eigenvalue weighted by Gasteiger charge is 2.33. The van der Waals surface area contributed by atoms with Crippen molar-refractivity contribution in [1.82, 2.24) is 20.1 Å². The second-order valence-electron chi connectivity index (χ2n) is 7.95. The number of carbonyl (C=O) groups excluding carboxylic acids is 1. The third-order valence-electron chi connectivity index (χ3n) is 5.96. The molecule has 1 aliphatic rings. The van der Waals surface area contributed by atoms with E-state index in [1.165, 1.54) is 11.8 Å². The molecule has 0 fully saturated rings. The van der Waals surface area contributed by atoms with E-state index in [1.807, 2.05) is 47.4 Å². The minimum Gasteiger partial charge on any atom is -0.493 e. The minimum absolute atomic E-state index is 0.00653. The first-order chi connectivity index (χ1) is 17.2. The lowest BCUT2D eigenvalue weighted by Gasteiger charge is -2.38. The third-order valence-corrected chi connectivity index (χ3v) is 6.77. The number of ether oxygens (including phenoxy) is 2. The highest BCUT2D eigenvalue weighted by atomic mass is 32.2. The molecule has 1 atom stereocenters. The van der Waals surface area contributed by atoms with E-state index in [1.54, 1.807) is 38.7 Å². The Balaban J connectivity index is 1.40. The van der Waals surface area contributed by atoms with Gasteiger partial charge >= 0.3 is 0 Å². The summed E-state index contributed by atoms with van der Waals surface area (Å²) in [5.74, 6) is 1.91. The van der Waals surface area contributed by atoms with Crippen molar-refractivity contribution in [2.45, 2.75) is 17.7 Å². The summed E-state index contributed by atoms with van der Waals surface area (Å²) in [5.41, 5.74) is 4.01. The fourth-order valence-electron chi connectivity index (χ4n) is 4.29. The first-order valence-electron chi connectivity index (χ1n) is 11.1. The molecule has 8 nitrogen and oxygen atoms in total. The summed E-state index contributed by atoms with van der Waals surface area (Å²) in [6.07, 6.45) is 4.05. The maximum absolute atomic E-state index is 13.5. The van der Waals surface area contributed by atoms with Crippen molar-refractivity contribution in [2.24, 2.45) is 0 Å². The smallest absolute Gasteiger partial charge is 0.277 e. The van der Waals surface area contributed by atoms with Gasteiger partial charge in [0.05, 0.1) is 26.0 Å². The van der Waals surface area contributed by atoms with E-state index in [0.717, 1.165) is 28.7 Å². The van der Waals surface area contributed by atoms with Gasteiger partial charge in [-0.1, -0.05) is 42.1 Å². The normalized spacial score (nSPS) is 14.9. The zero-order valence-electron chi connectivity index (χ0n) is 19.4. The predicted molar refractivity (Wildman–Crippen MR) is 132 cm³/mol. The number of pyridine rings is 1. The fraction of sp³-hybridized carbons (Fsp3) is 0.231. The average Bonchev–Trinajstić information content (AvgIpc) is 3.40. The van der Waals surface area contributed by atoms with E-state index in [2.05, 4.69) is 15.2 Å². The van der Waals surface area contributed by atoms with Gasteiger partial charge in [0.1, 0.15) is 0 Å². The van der Waals surface area contributed by atoms with Crippen LogP contribution in [0.25, 0.3) is 11.5 Å². The molecule has 0 saturated carbocycles. The minimum atomic E-state index is -0.233. The second kappa shape index (κ2) is 10.2. The summed E-state index contributed by atoms with van der Waals surface area (Å²) in [5, 5.41) is 8.53. The number of nitrogens with zero attached hydrogens (tertiary/aromatic N) is 4. The number of fused-ring (bicyclic) bond motifs is 1. The monoisotopic (exact) mass is 488 g/mol. The van der Waals surface area contributed by atoms with Crippen LogP contribution in [0.1, 0.15) is 22.7 Å². The van der Waals surface area contributed by atoms with Crippen LogP contribution >= 0.6 is 11.8 Å². The molecular weight excluding hydrogens is 464 g/mol. The van der Waals surface area contributed by atoms with E-state index in [4.69, 9.17) is 13.9 Å². The summed E-state index contributed by atoms with van der Waals surface area (Å²) in [6.45, 7) is 0.591. The number of carbonyl (C=O) groups is 1. The average molecular weight is 489 g/mol. The van der Waals surface area contributed by atoms with Crippen LogP contribution in [-0.4, -0.2) is 52.5 Å². The van der Waals surface area contributed by atoms with E-state index in [9.17, 15) is 4.79 Å². The van der Waals surface area contributed by atoms with Crippen molar-refractivity contribution in [3.63, 3.8) is 0 Å². The molecule has 178 valence electrons. The number of hydrogen-bond acceptors (Lipinski definition) is 8. The molecule has 9 heteroatoms. The molecule has 1 aliphatic heterocycles. The Labute approximate surface area is 207 Å². The van der Waals surface area contributed by atoms with Gasteiger partial charge in [-0.3, -0.25) is 9.78 Å². The molecule has 1 amide bonds. The van der Waals surface area contributed by atoms with Crippen LogP contribution in [0.15, 0.2) is 76.6 Å². The number of rotatable bonds is 7. The van der Waals surface area contributed by atoms with Crippen LogP contribution in [-0.2, 0) is 11.2 Å². The van der Waals surface area contributed by atoms with Gasteiger partial charge in [-0.05, 0) is 47.4 Å². The van der Waals surface area contributed by atoms with Gasteiger partial charge in [-0.25, -0.2) is 0 Å². The molecule has 0 saturated heterocycles. The Hall–Kier alpha value is -3.85. The van der Waals surface area contributed by atoms with Gasteiger partial charge in [-0.15, -0.1) is 10.2 Å². The Morgan fingerprint density at radius 1 is 1.06 bits per heavy atom. The fourth-order valence-corrected chi connectivity index (χ4v) is 4.94. The maximum atomic E-state index is 13.5. The summed E-state index contributed by atoms with van der Waals surface area (Å²) >= 11 is 1.24. The number of benzene rings is 2. The first-order valence-corrected chi connectivity index (χ1v) is 12.1. The van der Waals surface area contributed by atoms with Gasteiger partial charge < -0.3 is 18.8 Å². The largest absolute Gasteiger partial charge is 0.493 e. The van der Waals surface area contributed by atoms with Crippen LogP contribution in [0.4, 0.5) is 0 Å². The number of hydrogen-bond donors (Lipinski definition) is 0. The van der Waals surface area contributed by atoms with Crippen molar-refractivity contribution in [2.75, 3.05) is 26.5 Å². The van der Waals surface area contributed by atoms with Crippen LogP contribution in [0.3, 0.4) is 0 Å². The molecule has 5 rings (SSSR count). The topological polar surface area (TPSA) is 90.6 Å². The number of thioether (sulfide) groups is 1. The van der Waals surface area contributed by atoms with E-state index >= 15 is 0 Å². The van der Waals surface area contributed by atoms with E-state index in [-0.39, 0.29) is 17.7 Å². The first kappa shape index (κ1) is 22.9. The third kappa shape index (κ3) is 4.72. The van der Waals surface area contributed by atoms with Gasteiger partial charge in [0, 0.05) is 24.5 Å². The number of amides is 1. The zero-order chi connectivity index (χ0) is 24.2. The van der Waals surface area contributed by atoms with E-state index < -0.39 is 0 Å².